The summed E-state index contributed by atoms with van der Waals surface area (Å²) in [5.74, 6) is 0.549. The molecule has 68 valence electrons. The van der Waals surface area contributed by atoms with E-state index >= 15 is 0 Å². The molecule has 0 saturated heterocycles. The maximum atomic E-state index is 5.33. The third-order valence-electron chi connectivity index (χ3n) is 1.64. The van der Waals surface area contributed by atoms with Gasteiger partial charge < -0.3 is 15.5 Å². The van der Waals surface area contributed by atoms with Gasteiger partial charge in [-0.05, 0) is 6.07 Å². The molecular formula is C8H10N4O. The van der Waals surface area contributed by atoms with E-state index in [9.17, 15) is 0 Å². The van der Waals surface area contributed by atoms with E-state index in [1.165, 1.54) is 0 Å². The van der Waals surface area contributed by atoms with Crippen molar-refractivity contribution in [3.05, 3.63) is 18.5 Å². The maximum absolute atomic E-state index is 5.33. The van der Waals surface area contributed by atoms with Crippen molar-refractivity contribution in [2.24, 2.45) is 5.73 Å². The Morgan fingerprint density at radius 1 is 1.54 bits per heavy atom. The van der Waals surface area contributed by atoms with E-state index in [4.69, 9.17) is 10.2 Å². The lowest BCUT2D eigenvalue weighted by Gasteiger charge is -2.00. The molecule has 2 heterocycles. The number of nitrogens with two attached hydrogens (primary N) is 1. The lowest BCUT2D eigenvalue weighted by Crippen LogP contribution is -2.14. The molecule has 0 aliphatic heterocycles. The summed E-state index contributed by atoms with van der Waals surface area (Å²) in [7, 11) is 0. The van der Waals surface area contributed by atoms with Gasteiger partial charge in [0.05, 0.1) is 11.6 Å². The molecule has 0 saturated carbocycles. The highest BCUT2D eigenvalue weighted by atomic mass is 16.3. The van der Waals surface area contributed by atoms with Gasteiger partial charge in [-0.3, -0.25) is 0 Å². The van der Waals surface area contributed by atoms with Crippen LogP contribution in [0.3, 0.4) is 0 Å². The topological polar surface area (TPSA) is 77.0 Å². The molecule has 0 unspecified atom stereocenters. The van der Waals surface area contributed by atoms with Gasteiger partial charge in [-0.25, -0.2) is 4.98 Å². The third kappa shape index (κ3) is 1.59. The van der Waals surface area contributed by atoms with E-state index in [1.54, 1.807) is 12.5 Å². The number of furan rings is 1. The first-order valence-electron chi connectivity index (χ1n) is 4.04. The number of hydrogen-bond acceptors (Lipinski definition) is 5. The highest BCUT2D eigenvalue weighted by Crippen LogP contribution is 2.12. The Morgan fingerprint density at radius 3 is 3.31 bits per heavy atom. The highest BCUT2D eigenvalue weighted by Gasteiger charge is 2.00. The van der Waals surface area contributed by atoms with Crippen LogP contribution in [-0.2, 0) is 0 Å². The number of aromatic nitrogens is 2. The number of hydrogen-bond donors (Lipinski definition) is 2. The lowest BCUT2D eigenvalue weighted by molar-refractivity contribution is 0.603. The molecule has 0 fully saturated rings. The Morgan fingerprint density at radius 2 is 2.46 bits per heavy atom. The van der Waals surface area contributed by atoms with Crippen molar-refractivity contribution in [2.75, 3.05) is 18.4 Å². The molecule has 0 atom stereocenters. The number of anilines is 1. The molecule has 5 nitrogen and oxygen atoms in total. The van der Waals surface area contributed by atoms with Gasteiger partial charge >= 0.3 is 0 Å². The molecule has 13 heavy (non-hydrogen) atoms. The summed E-state index contributed by atoms with van der Waals surface area (Å²) in [6, 6.07) is 1.82. The van der Waals surface area contributed by atoms with Crippen molar-refractivity contribution < 1.29 is 4.42 Å². The molecule has 0 spiro atoms. The van der Waals surface area contributed by atoms with Crippen molar-refractivity contribution in [3.63, 3.8) is 0 Å². The van der Waals surface area contributed by atoms with Crippen LogP contribution in [-0.4, -0.2) is 23.1 Å². The number of fused-ring (bicyclic) bond motifs is 1. The standard InChI is InChI=1S/C8H10N4O/c9-2-3-10-8-11-5-6-1-4-13-7(6)12-8/h1,4-5H,2-3,9H2,(H,10,11,12). The smallest absolute Gasteiger partial charge is 0.230 e. The fraction of sp³-hybridized carbons (Fsp3) is 0.250. The summed E-state index contributed by atoms with van der Waals surface area (Å²) in [6.45, 7) is 1.21. The van der Waals surface area contributed by atoms with E-state index in [0.29, 0.717) is 24.8 Å². The SMILES string of the molecule is NCCNc1ncc2ccoc2n1. The molecule has 5 heteroatoms. The highest BCUT2D eigenvalue weighted by molar-refractivity contribution is 5.72. The van der Waals surface area contributed by atoms with E-state index in [1.807, 2.05) is 6.07 Å². The Balaban J connectivity index is 2.26. The zero-order chi connectivity index (χ0) is 9.10. The van der Waals surface area contributed by atoms with Crippen LogP contribution in [0.25, 0.3) is 11.1 Å². The van der Waals surface area contributed by atoms with Crippen molar-refractivity contribution in [2.45, 2.75) is 0 Å². The molecule has 0 aliphatic carbocycles. The average Bonchev–Trinajstić information content (AvgIpc) is 2.61. The van der Waals surface area contributed by atoms with E-state index in [-0.39, 0.29) is 0 Å². The first kappa shape index (κ1) is 8.00. The van der Waals surface area contributed by atoms with Crippen LogP contribution in [0, 0.1) is 0 Å². The average molecular weight is 178 g/mol. The molecule has 0 amide bonds. The third-order valence-corrected chi connectivity index (χ3v) is 1.64. The van der Waals surface area contributed by atoms with Gasteiger partial charge in [-0.2, -0.15) is 4.98 Å². The Bertz CT molecular complexity index is 398. The minimum atomic E-state index is 0.549. The summed E-state index contributed by atoms with van der Waals surface area (Å²) in [6.07, 6.45) is 3.30. The predicted molar refractivity (Wildman–Crippen MR) is 49.3 cm³/mol. The summed E-state index contributed by atoms with van der Waals surface area (Å²) in [5, 5.41) is 3.87. The predicted octanol–water partition coefficient (Wildman–Crippen LogP) is 0.593. The van der Waals surface area contributed by atoms with Gasteiger partial charge in [-0.15, -0.1) is 0 Å². The van der Waals surface area contributed by atoms with E-state index in [2.05, 4.69) is 15.3 Å². The lowest BCUT2D eigenvalue weighted by atomic mass is 10.4. The van der Waals surface area contributed by atoms with Crippen LogP contribution in [0.2, 0.25) is 0 Å². The van der Waals surface area contributed by atoms with Gasteiger partial charge in [0.2, 0.25) is 11.7 Å². The van der Waals surface area contributed by atoms with Crippen LogP contribution in [0.1, 0.15) is 0 Å². The van der Waals surface area contributed by atoms with Gasteiger partial charge in [-0.1, -0.05) is 0 Å². The van der Waals surface area contributed by atoms with Crippen molar-refractivity contribution in [3.8, 4) is 0 Å². The van der Waals surface area contributed by atoms with Gasteiger partial charge in [0.25, 0.3) is 0 Å². The summed E-state index contributed by atoms with van der Waals surface area (Å²) in [4.78, 5) is 8.21. The Kier molecular flexibility index (Phi) is 2.09. The largest absolute Gasteiger partial charge is 0.446 e. The molecule has 0 aliphatic rings. The molecule has 0 radical (unpaired) electrons. The first-order chi connectivity index (χ1) is 6.40. The maximum Gasteiger partial charge on any atom is 0.230 e. The second-order valence-electron chi connectivity index (χ2n) is 2.59. The zero-order valence-electron chi connectivity index (χ0n) is 7.03. The zero-order valence-corrected chi connectivity index (χ0v) is 7.03. The summed E-state index contributed by atoms with van der Waals surface area (Å²) < 4.78 is 5.12. The molecule has 2 rings (SSSR count). The van der Waals surface area contributed by atoms with Crippen LogP contribution < -0.4 is 11.1 Å². The fourth-order valence-corrected chi connectivity index (χ4v) is 1.03. The van der Waals surface area contributed by atoms with Crippen LogP contribution in [0.4, 0.5) is 5.95 Å². The van der Waals surface area contributed by atoms with E-state index < -0.39 is 0 Å². The molecule has 0 aromatic carbocycles. The molecule has 3 N–H and O–H groups in total. The van der Waals surface area contributed by atoms with Gasteiger partial charge in [0.15, 0.2) is 0 Å². The fourth-order valence-electron chi connectivity index (χ4n) is 1.03. The summed E-state index contributed by atoms with van der Waals surface area (Å²) in [5.41, 5.74) is 5.92. The Hall–Kier alpha value is -1.62. The number of nitrogens with one attached hydrogen (secondary N) is 1. The normalized spacial score (nSPS) is 10.5. The first-order valence-corrected chi connectivity index (χ1v) is 4.04. The van der Waals surface area contributed by atoms with Crippen LogP contribution in [0.15, 0.2) is 22.9 Å². The van der Waals surface area contributed by atoms with Gasteiger partial charge in [0.1, 0.15) is 0 Å². The second kappa shape index (κ2) is 3.40. The van der Waals surface area contributed by atoms with Crippen molar-refractivity contribution >= 4 is 17.0 Å². The number of rotatable bonds is 3. The second-order valence-corrected chi connectivity index (χ2v) is 2.59. The van der Waals surface area contributed by atoms with Crippen LogP contribution in [0.5, 0.6) is 0 Å². The minimum absolute atomic E-state index is 0.549. The summed E-state index contributed by atoms with van der Waals surface area (Å²) >= 11 is 0. The minimum Gasteiger partial charge on any atom is -0.446 e. The van der Waals surface area contributed by atoms with Crippen molar-refractivity contribution in [1.82, 2.24) is 9.97 Å². The van der Waals surface area contributed by atoms with Gasteiger partial charge in [0, 0.05) is 19.3 Å². The van der Waals surface area contributed by atoms with Crippen molar-refractivity contribution in [1.29, 1.82) is 0 Å². The Labute approximate surface area is 75.0 Å². The van der Waals surface area contributed by atoms with Crippen LogP contribution >= 0.6 is 0 Å². The molecule has 0 bridgehead atoms. The number of nitrogens with zero attached hydrogens (tertiary/aromatic N) is 2. The molecular weight excluding hydrogens is 168 g/mol. The molecule has 2 aromatic heterocycles. The molecule has 2 aromatic rings. The quantitative estimate of drug-likeness (QED) is 0.719. The van der Waals surface area contributed by atoms with E-state index in [0.717, 1.165) is 5.39 Å². The monoisotopic (exact) mass is 178 g/mol.